The molecule has 0 bridgehead atoms. The van der Waals surface area contributed by atoms with Crippen LogP contribution in [-0.2, 0) is 15.0 Å². The first-order valence-electron chi connectivity index (χ1n) is 4.89. The van der Waals surface area contributed by atoms with Crippen LogP contribution in [0.1, 0.15) is 12.8 Å². The second-order valence-electron chi connectivity index (χ2n) is 4.12. The average molecular weight is 234 g/mol. The zero-order chi connectivity index (χ0) is 11.2. The van der Waals surface area contributed by atoms with Crippen molar-refractivity contribution in [1.82, 2.24) is 8.61 Å². The molecule has 0 aromatic carbocycles. The molecule has 0 aromatic heterocycles. The van der Waals surface area contributed by atoms with Crippen molar-refractivity contribution in [1.29, 1.82) is 0 Å². The van der Waals surface area contributed by atoms with Gasteiger partial charge in [0, 0.05) is 26.2 Å². The number of hydrogen-bond donors (Lipinski definition) is 1. The minimum Gasteiger partial charge on any atom is -0.481 e. The van der Waals surface area contributed by atoms with Crippen molar-refractivity contribution in [3.63, 3.8) is 0 Å². The van der Waals surface area contributed by atoms with Crippen LogP contribution in [0, 0.1) is 5.92 Å². The smallest absolute Gasteiger partial charge is 0.309 e. The Bertz CT molecular complexity index is 376. The van der Waals surface area contributed by atoms with Crippen LogP contribution in [0.5, 0.6) is 0 Å². The third-order valence-corrected chi connectivity index (χ3v) is 4.85. The molecule has 0 amide bonds. The van der Waals surface area contributed by atoms with Crippen LogP contribution < -0.4 is 0 Å². The highest BCUT2D eigenvalue weighted by Crippen LogP contribution is 2.33. The van der Waals surface area contributed by atoms with Gasteiger partial charge in [0.05, 0.1) is 5.92 Å². The van der Waals surface area contributed by atoms with E-state index in [9.17, 15) is 13.2 Å². The Kier molecular flexibility index (Phi) is 2.48. The van der Waals surface area contributed by atoms with Crippen LogP contribution >= 0.6 is 0 Å². The molecular weight excluding hydrogens is 220 g/mol. The van der Waals surface area contributed by atoms with Crippen molar-refractivity contribution in [2.45, 2.75) is 18.9 Å². The summed E-state index contributed by atoms with van der Waals surface area (Å²) < 4.78 is 26.1. The Balaban J connectivity index is 2.22. The number of aliphatic carboxylic acids is 1. The van der Waals surface area contributed by atoms with Gasteiger partial charge in [-0.1, -0.05) is 0 Å². The molecule has 1 atom stereocenters. The fourth-order valence-corrected chi connectivity index (χ4v) is 3.49. The van der Waals surface area contributed by atoms with E-state index >= 15 is 0 Å². The first-order valence-corrected chi connectivity index (χ1v) is 6.28. The van der Waals surface area contributed by atoms with E-state index in [-0.39, 0.29) is 19.1 Å². The molecule has 1 heterocycles. The van der Waals surface area contributed by atoms with Crippen LogP contribution in [0.25, 0.3) is 0 Å². The van der Waals surface area contributed by atoms with E-state index in [1.165, 1.54) is 11.4 Å². The highest BCUT2D eigenvalue weighted by molar-refractivity contribution is 7.86. The van der Waals surface area contributed by atoms with E-state index in [1.54, 1.807) is 0 Å². The molecule has 6 nitrogen and oxygen atoms in total. The molecule has 0 radical (unpaired) electrons. The average Bonchev–Trinajstić information content (AvgIpc) is 2.92. The summed E-state index contributed by atoms with van der Waals surface area (Å²) >= 11 is 0. The van der Waals surface area contributed by atoms with Crippen LogP contribution in [0.15, 0.2) is 0 Å². The summed E-state index contributed by atoms with van der Waals surface area (Å²) in [5, 5.41) is 8.90. The summed E-state index contributed by atoms with van der Waals surface area (Å²) in [5.41, 5.74) is 0. The molecule has 1 aliphatic heterocycles. The van der Waals surface area contributed by atoms with Gasteiger partial charge in [-0.05, 0) is 12.8 Å². The topological polar surface area (TPSA) is 77.9 Å². The van der Waals surface area contributed by atoms with Gasteiger partial charge in [-0.25, -0.2) is 0 Å². The number of hydrogen-bond acceptors (Lipinski definition) is 3. The predicted octanol–water partition coefficient (Wildman–Crippen LogP) is -0.658. The standard InChI is InChI=1S/C8H14N2O4S/c1-9-4-6(8(11)12)5-10(7-2-3-7)15(9,13)14/h6-7H,2-5H2,1H3,(H,11,12). The van der Waals surface area contributed by atoms with E-state index in [0.717, 1.165) is 17.1 Å². The molecule has 1 saturated heterocycles. The van der Waals surface area contributed by atoms with Crippen molar-refractivity contribution in [2.24, 2.45) is 5.92 Å². The first kappa shape index (κ1) is 10.8. The van der Waals surface area contributed by atoms with Gasteiger partial charge >= 0.3 is 5.97 Å². The van der Waals surface area contributed by atoms with Crippen molar-refractivity contribution >= 4 is 16.2 Å². The molecule has 15 heavy (non-hydrogen) atoms. The largest absolute Gasteiger partial charge is 0.481 e. The van der Waals surface area contributed by atoms with E-state index in [4.69, 9.17) is 5.11 Å². The fourth-order valence-electron chi connectivity index (χ4n) is 1.81. The van der Waals surface area contributed by atoms with Gasteiger partial charge in [-0.15, -0.1) is 0 Å². The van der Waals surface area contributed by atoms with Gasteiger partial charge < -0.3 is 5.11 Å². The lowest BCUT2D eigenvalue weighted by atomic mass is 10.1. The van der Waals surface area contributed by atoms with Gasteiger partial charge in [0.1, 0.15) is 0 Å². The van der Waals surface area contributed by atoms with Crippen LogP contribution in [0.2, 0.25) is 0 Å². The minimum atomic E-state index is -3.40. The van der Waals surface area contributed by atoms with Crippen LogP contribution in [0.3, 0.4) is 0 Å². The second-order valence-corrected chi connectivity index (χ2v) is 6.11. The SMILES string of the molecule is CN1CC(C(=O)O)CN(C2CC2)S1(=O)=O. The molecular formula is C8H14N2O4S. The summed E-state index contributed by atoms with van der Waals surface area (Å²) in [7, 11) is -1.97. The van der Waals surface area contributed by atoms with E-state index in [1.807, 2.05) is 0 Å². The highest BCUT2D eigenvalue weighted by Gasteiger charge is 2.45. The lowest BCUT2D eigenvalue weighted by Crippen LogP contribution is -2.54. The molecule has 2 rings (SSSR count). The summed E-state index contributed by atoms with van der Waals surface area (Å²) in [5.74, 6) is -1.54. The van der Waals surface area contributed by atoms with Crippen molar-refractivity contribution in [3.05, 3.63) is 0 Å². The summed E-state index contributed by atoms with van der Waals surface area (Å²) in [6.07, 6.45) is 1.69. The Morgan fingerprint density at radius 3 is 2.40 bits per heavy atom. The Hall–Kier alpha value is -0.660. The molecule has 86 valence electrons. The number of rotatable bonds is 2. The summed E-state index contributed by atoms with van der Waals surface area (Å²) in [4.78, 5) is 10.9. The maximum absolute atomic E-state index is 11.8. The fraction of sp³-hybridized carbons (Fsp3) is 0.875. The van der Waals surface area contributed by atoms with Gasteiger partial charge in [0.15, 0.2) is 0 Å². The molecule has 0 spiro atoms. The molecule has 2 fully saturated rings. The third-order valence-electron chi connectivity index (χ3n) is 2.87. The number of carboxylic acids is 1. The summed E-state index contributed by atoms with van der Waals surface area (Å²) in [6, 6.07) is 0.0274. The Labute approximate surface area is 88.7 Å². The quantitative estimate of drug-likeness (QED) is 0.688. The molecule has 7 heteroatoms. The first-order chi connectivity index (χ1) is 6.93. The van der Waals surface area contributed by atoms with Crippen molar-refractivity contribution in [2.75, 3.05) is 20.1 Å². The number of nitrogens with zero attached hydrogens (tertiary/aromatic N) is 2. The van der Waals surface area contributed by atoms with Gasteiger partial charge in [0.25, 0.3) is 10.2 Å². The maximum atomic E-state index is 11.8. The highest BCUT2D eigenvalue weighted by atomic mass is 32.2. The summed E-state index contributed by atoms with van der Waals surface area (Å²) in [6.45, 7) is 0.188. The van der Waals surface area contributed by atoms with Gasteiger partial charge in [0.2, 0.25) is 0 Å². The van der Waals surface area contributed by atoms with Crippen LogP contribution in [-0.4, -0.2) is 54.3 Å². The molecule has 1 saturated carbocycles. The third kappa shape index (κ3) is 1.86. The van der Waals surface area contributed by atoms with Gasteiger partial charge in [-0.3, -0.25) is 4.79 Å². The minimum absolute atomic E-state index is 0.0274. The van der Waals surface area contributed by atoms with Gasteiger partial charge in [-0.2, -0.15) is 17.0 Å². The predicted molar refractivity (Wildman–Crippen MR) is 52.4 cm³/mol. The maximum Gasteiger partial charge on any atom is 0.309 e. The monoisotopic (exact) mass is 234 g/mol. The van der Waals surface area contributed by atoms with E-state index in [2.05, 4.69) is 0 Å². The van der Waals surface area contributed by atoms with Crippen molar-refractivity contribution in [3.8, 4) is 0 Å². The normalized spacial score (nSPS) is 32.7. The zero-order valence-corrected chi connectivity index (χ0v) is 9.27. The zero-order valence-electron chi connectivity index (χ0n) is 8.46. The Morgan fingerprint density at radius 2 is 1.93 bits per heavy atom. The van der Waals surface area contributed by atoms with Crippen LogP contribution in [0.4, 0.5) is 0 Å². The molecule has 2 aliphatic rings. The lowest BCUT2D eigenvalue weighted by molar-refractivity contribution is -0.142. The Morgan fingerprint density at radius 1 is 1.33 bits per heavy atom. The molecule has 1 N–H and O–H groups in total. The number of carbonyl (C=O) groups is 1. The number of carboxylic acid groups (broad SMARTS) is 1. The second kappa shape index (κ2) is 3.43. The van der Waals surface area contributed by atoms with Crippen molar-refractivity contribution < 1.29 is 18.3 Å². The van der Waals surface area contributed by atoms with E-state index in [0.29, 0.717) is 0 Å². The lowest BCUT2D eigenvalue weighted by Gasteiger charge is -2.35. The molecule has 1 unspecified atom stereocenters. The van der Waals surface area contributed by atoms with E-state index < -0.39 is 22.1 Å². The molecule has 0 aromatic rings. The molecule has 1 aliphatic carbocycles.